The fourth-order valence-electron chi connectivity index (χ4n) is 3.12. The van der Waals surface area contributed by atoms with Crippen molar-refractivity contribution in [1.82, 2.24) is 5.32 Å². The van der Waals surface area contributed by atoms with E-state index in [0.29, 0.717) is 18.4 Å². The zero-order valence-electron chi connectivity index (χ0n) is 15.7. The summed E-state index contributed by atoms with van der Waals surface area (Å²) in [5.41, 5.74) is 0.956. The van der Waals surface area contributed by atoms with Crippen molar-refractivity contribution >= 4 is 6.09 Å². The van der Waals surface area contributed by atoms with Crippen LogP contribution in [0.25, 0.3) is 0 Å². The van der Waals surface area contributed by atoms with E-state index in [1.807, 2.05) is 20.8 Å². The van der Waals surface area contributed by atoms with E-state index in [2.05, 4.69) is 60.0 Å². The van der Waals surface area contributed by atoms with Crippen LogP contribution in [0.1, 0.15) is 45.6 Å². The molecular formula is C22H31NO2. The summed E-state index contributed by atoms with van der Waals surface area (Å²) in [5.74, 6) is 1.14. The van der Waals surface area contributed by atoms with Gasteiger partial charge in [-0.1, -0.05) is 61.1 Å². The predicted molar refractivity (Wildman–Crippen MR) is 103 cm³/mol. The summed E-state index contributed by atoms with van der Waals surface area (Å²) < 4.78 is 5.25. The molecule has 0 aromatic heterocycles. The lowest BCUT2D eigenvalue weighted by Gasteiger charge is -2.24. The fourth-order valence-corrected chi connectivity index (χ4v) is 3.12. The van der Waals surface area contributed by atoms with Gasteiger partial charge in [0.25, 0.3) is 0 Å². The van der Waals surface area contributed by atoms with E-state index in [9.17, 15) is 4.79 Å². The van der Waals surface area contributed by atoms with Gasteiger partial charge >= 0.3 is 6.09 Å². The van der Waals surface area contributed by atoms with Gasteiger partial charge in [-0.15, -0.1) is 0 Å². The second-order valence-corrected chi connectivity index (χ2v) is 7.71. The minimum Gasteiger partial charge on any atom is -0.444 e. The summed E-state index contributed by atoms with van der Waals surface area (Å²) >= 11 is 0. The van der Waals surface area contributed by atoms with E-state index in [0.717, 1.165) is 25.7 Å². The quantitative estimate of drug-likeness (QED) is 0.685. The third-order valence-corrected chi connectivity index (χ3v) is 4.32. The summed E-state index contributed by atoms with van der Waals surface area (Å²) in [6.45, 7) is 6.30. The molecule has 136 valence electrons. The average Bonchev–Trinajstić information content (AvgIpc) is 2.55. The second kappa shape index (κ2) is 9.45. The normalized spacial score (nSPS) is 19.6. The maximum absolute atomic E-state index is 11.6. The molecule has 3 heteroatoms. The van der Waals surface area contributed by atoms with Gasteiger partial charge in [-0.3, -0.25) is 0 Å². The average molecular weight is 341 g/mol. The minimum absolute atomic E-state index is 0.324. The summed E-state index contributed by atoms with van der Waals surface area (Å²) in [5, 5.41) is 2.83. The Morgan fingerprint density at radius 1 is 1.04 bits per heavy atom. The Bertz CT molecular complexity index is 584. The van der Waals surface area contributed by atoms with Gasteiger partial charge in [0.15, 0.2) is 0 Å². The molecule has 2 atom stereocenters. The second-order valence-electron chi connectivity index (χ2n) is 7.71. The number of benzene rings is 1. The number of allylic oxidation sites excluding steroid dienone is 4. The molecule has 25 heavy (non-hydrogen) atoms. The molecule has 1 aliphatic rings. The van der Waals surface area contributed by atoms with E-state index < -0.39 is 5.60 Å². The van der Waals surface area contributed by atoms with Gasteiger partial charge in [0.2, 0.25) is 0 Å². The molecule has 0 spiro atoms. The van der Waals surface area contributed by atoms with Gasteiger partial charge in [0.05, 0.1) is 0 Å². The summed E-state index contributed by atoms with van der Waals surface area (Å²) in [6.07, 6.45) is 13.0. The lowest BCUT2D eigenvalue weighted by Crippen LogP contribution is -2.33. The molecule has 0 radical (unpaired) electrons. The Morgan fingerprint density at radius 3 is 2.40 bits per heavy atom. The molecular weight excluding hydrogens is 310 g/mol. The first-order valence-electron chi connectivity index (χ1n) is 9.30. The van der Waals surface area contributed by atoms with E-state index in [4.69, 9.17) is 4.74 Å². The van der Waals surface area contributed by atoms with Crippen molar-refractivity contribution in [1.29, 1.82) is 0 Å². The van der Waals surface area contributed by atoms with Crippen LogP contribution < -0.4 is 5.32 Å². The lowest BCUT2D eigenvalue weighted by atomic mass is 9.81. The van der Waals surface area contributed by atoms with Crippen molar-refractivity contribution in [3.05, 3.63) is 60.2 Å². The molecule has 1 N–H and O–H groups in total. The molecule has 1 aromatic carbocycles. The van der Waals surface area contributed by atoms with Crippen molar-refractivity contribution in [3.63, 3.8) is 0 Å². The van der Waals surface area contributed by atoms with Crippen molar-refractivity contribution in [2.24, 2.45) is 11.8 Å². The fraction of sp³-hybridized carbons (Fsp3) is 0.500. The van der Waals surface area contributed by atoms with Gasteiger partial charge in [-0.05, 0) is 57.4 Å². The standard InChI is InChI=1S/C22H31NO2/c1-22(2,3)25-21(24)23-16-10-9-14-19-13-7-8-15-20(19)17-18-11-5-4-6-12-18/h4-8,11-13,15,19-20H,9-10,14,16-17H2,1-3H3,(H,23,24). The van der Waals surface area contributed by atoms with Crippen LogP contribution in [0.4, 0.5) is 4.79 Å². The first-order chi connectivity index (χ1) is 11.9. The zero-order valence-corrected chi connectivity index (χ0v) is 15.7. The molecule has 2 rings (SSSR count). The van der Waals surface area contributed by atoms with Crippen LogP contribution in [0.3, 0.4) is 0 Å². The van der Waals surface area contributed by atoms with Gasteiger partial charge in [0.1, 0.15) is 5.60 Å². The molecule has 0 saturated heterocycles. The van der Waals surface area contributed by atoms with Crippen LogP contribution in [0.5, 0.6) is 0 Å². The monoisotopic (exact) mass is 341 g/mol. The smallest absolute Gasteiger partial charge is 0.407 e. The highest BCUT2D eigenvalue weighted by Gasteiger charge is 2.19. The predicted octanol–water partition coefficient (Wildman–Crippen LogP) is 5.28. The highest BCUT2D eigenvalue weighted by Crippen LogP contribution is 2.28. The van der Waals surface area contributed by atoms with Crippen LogP contribution in [0.2, 0.25) is 0 Å². The number of hydrogen-bond acceptors (Lipinski definition) is 2. The van der Waals surface area contributed by atoms with Gasteiger partial charge < -0.3 is 10.1 Å². The molecule has 1 aliphatic carbocycles. The van der Waals surface area contributed by atoms with Crippen LogP contribution >= 0.6 is 0 Å². The molecule has 0 fully saturated rings. The number of alkyl carbamates (subject to hydrolysis) is 1. The van der Waals surface area contributed by atoms with Crippen molar-refractivity contribution in [2.45, 2.75) is 52.1 Å². The maximum Gasteiger partial charge on any atom is 0.407 e. The van der Waals surface area contributed by atoms with Gasteiger partial charge in [-0.2, -0.15) is 0 Å². The Hall–Kier alpha value is -2.03. The first-order valence-corrected chi connectivity index (χ1v) is 9.30. The number of unbranched alkanes of at least 4 members (excludes halogenated alkanes) is 1. The molecule has 1 amide bonds. The molecule has 0 saturated carbocycles. The van der Waals surface area contributed by atoms with Crippen LogP contribution in [0.15, 0.2) is 54.6 Å². The SMILES string of the molecule is CC(C)(C)OC(=O)NCCCCC1C=CC=CC1Cc1ccccc1. The number of carbonyl (C=O) groups excluding carboxylic acids is 1. The van der Waals surface area contributed by atoms with Gasteiger partial charge in [-0.25, -0.2) is 4.79 Å². The highest BCUT2D eigenvalue weighted by molar-refractivity contribution is 5.67. The first kappa shape index (κ1) is 19.3. The van der Waals surface area contributed by atoms with E-state index in [1.165, 1.54) is 5.56 Å². The van der Waals surface area contributed by atoms with E-state index >= 15 is 0 Å². The Labute approximate surface area is 152 Å². The minimum atomic E-state index is -0.437. The molecule has 0 bridgehead atoms. The van der Waals surface area contributed by atoms with E-state index in [-0.39, 0.29) is 6.09 Å². The summed E-state index contributed by atoms with van der Waals surface area (Å²) in [7, 11) is 0. The maximum atomic E-state index is 11.6. The van der Waals surface area contributed by atoms with Crippen LogP contribution in [0, 0.1) is 11.8 Å². The summed E-state index contributed by atoms with van der Waals surface area (Å²) in [6, 6.07) is 10.7. The molecule has 0 heterocycles. The largest absolute Gasteiger partial charge is 0.444 e. The molecule has 0 aliphatic heterocycles. The number of nitrogens with one attached hydrogen (secondary N) is 1. The Balaban J connectivity index is 1.69. The zero-order chi connectivity index (χ0) is 18.1. The third-order valence-electron chi connectivity index (χ3n) is 4.32. The van der Waals surface area contributed by atoms with Crippen molar-refractivity contribution in [2.75, 3.05) is 6.54 Å². The number of rotatable bonds is 7. The van der Waals surface area contributed by atoms with Crippen molar-refractivity contribution in [3.8, 4) is 0 Å². The van der Waals surface area contributed by atoms with Crippen LogP contribution in [-0.2, 0) is 11.2 Å². The lowest BCUT2D eigenvalue weighted by molar-refractivity contribution is 0.0527. The number of amides is 1. The third kappa shape index (κ3) is 7.59. The number of carbonyl (C=O) groups is 1. The Morgan fingerprint density at radius 2 is 1.72 bits per heavy atom. The number of hydrogen-bond donors (Lipinski definition) is 1. The molecule has 1 aromatic rings. The van der Waals surface area contributed by atoms with Crippen molar-refractivity contribution < 1.29 is 9.53 Å². The molecule has 2 unspecified atom stereocenters. The Kier molecular flexibility index (Phi) is 7.30. The number of ether oxygens (including phenoxy) is 1. The van der Waals surface area contributed by atoms with Gasteiger partial charge in [0, 0.05) is 6.54 Å². The van der Waals surface area contributed by atoms with E-state index in [1.54, 1.807) is 0 Å². The molecule has 3 nitrogen and oxygen atoms in total. The van der Waals surface area contributed by atoms with Crippen LogP contribution in [-0.4, -0.2) is 18.2 Å². The summed E-state index contributed by atoms with van der Waals surface area (Å²) in [4.78, 5) is 11.6. The topological polar surface area (TPSA) is 38.3 Å². The highest BCUT2D eigenvalue weighted by atomic mass is 16.6.